The van der Waals surface area contributed by atoms with E-state index in [4.69, 9.17) is 23.2 Å². The summed E-state index contributed by atoms with van der Waals surface area (Å²) < 4.78 is 0. The molecule has 1 unspecified atom stereocenters. The number of nitrogens with one attached hydrogen (secondary N) is 1. The molecule has 1 fully saturated rings. The van der Waals surface area contributed by atoms with E-state index in [0.717, 1.165) is 11.1 Å². The molecule has 170 valence electrons. The van der Waals surface area contributed by atoms with Crippen molar-refractivity contribution in [3.63, 3.8) is 0 Å². The number of amides is 2. The van der Waals surface area contributed by atoms with Gasteiger partial charge in [-0.3, -0.25) is 14.5 Å². The monoisotopic (exact) mass is 507 g/mol. The molecular weight excluding hydrogens is 489 g/mol. The number of rotatable bonds is 5. The van der Waals surface area contributed by atoms with E-state index in [2.05, 4.69) is 5.32 Å². The van der Waals surface area contributed by atoms with E-state index >= 15 is 0 Å². The van der Waals surface area contributed by atoms with Crippen LogP contribution in [0.3, 0.4) is 0 Å². The lowest BCUT2D eigenvalue weighted by Crippen LogP contribution is -2.31. The minimum Gasteiger partial charge on any atom is -0.321 e. The maximum Gasteiger partial charge on any atom is 0.269 e. The van der Waals surface area contributed by atoms with Gasteiger partial charge in [0.05, 0.1) is 21.0 Å². The van der Waals surface area contributed by atoms with Crippen LogP contribution in [-0.2, 0) is 16.0 Å². The quantitative estimate of drug-likeness (QED) is 0.321. The Morgan fingerprint density at radius 3 is 2.47 bits per heavy atom. The molecular formula is C26H19Cl2N3O2S. The van der Waals surface area contributed by atoms with Gasteiger partial charge in [0.1, 0.15) is 16.7 Å². The van der Waals surface area contributed by atoms with Crippen molar-refractivity contribution in [3.8, 4) is 6.07 Å². The predicted molar refractivity (Wildman–Crippen MR) is 138 cm³/mol. The summed E-state index contributed by atoms with van der Waals surface area (Å²) in [6.07, 6.45) is 0.299. The second kappa shape index (κ2) is 10.4. The summed E-state index contributed by atoms with van der Waals surface area (Å²) >= 11 is 13.7. The molecule has 0 spiro atoms. The van der Waals surface area contributed by atoms with Crippen LogP contribution in [0.15, 0.2) is 83.4 Å². The highest BCUT2D eigenvalue weighted by Gasteiger charge is 2.41. The molecule has 4 rings (SSSR count). The molecule has 34 heavy (non-hydrogen) atoms. The first-order valence-electron chi connectivity index (χ1n) is 10.4. The Bertz CT molecular complexity index is 1340. The van der Waals surface area contributed by atoms with Gasteiger partial charge in [0, 0.05) is 5.69 Å². The highest BCUT2D eigenvalue weighted by molar-refractivity contribution is 8.05. The number of carbonyl (C=O) groups is 2. The van der Waals surface area contributed by atoms with Crippen molar-refractivity contribution in [1.82, 2.24) is 0 Å². The molecule has 8 heteroatoms. The standard InChI is InChI=1S/C26H19Cl2N3O2S/c1-16-8-5-6-13-21(16)31-25(33)22(14-17-9-7-12-20(27)23(17)28)34-26(31)19(15-29)24(32)30-18-10-3-2-4-11-18/h2-13,22H,14H2,1H3,(H,30,32). The van der Waals surface area contributed by atoms with Gasteiger partial charge in [-0.2, -0.15) is 5.26 Å². The smallest absolute Gasteiger partial charge is 0.269 e. The zero-order valence-corrected chi connectivity index (χ0v) is 20.4. The Balaban J connectivity index is 1.77. The van der Waals surface area contributed by atoms with Gasteiger partial charge in [-0.25, -0.2) is 0 Å². The second-order valence-corrected chi connectivity index (χ2v) is 9.57. The van der Waals surface area contributed by atoms with Gasteiger partial charge < -0.3 is 5.32 Å². The lowest BCUT2D eigenvalue weighted by atomic mass is 10.1. The molecule has 3 aromatic carbocycles. The molecule has 0 saturated carbocycles. The molecule has 0 radical (unpaired) electrons. The van der Waals surface area contributed by atoms with Crippen molar-refractivity contribution in [1.29, 1.82) is 5.26 Å². The molecule has 0 bridgehead atoms. The maximum atomic E-state index is 13.6. The number of nitriles is 1. The van der Waals surface area contributed by atoms with E-state index in [9.17, 15) is 14.9 Å². The first-order chi connectivity index (χ1) is 16.4. The Labute approximate surface area is 212 Å². The van der Waals surface area contributed by atoms with Crippen LogP contribution >= 0.6 is 35.0 Å². The number of halogens is 2. The highest BCUT2D eigenvalue weighted by atomic mass is 35.5. The van der Waals surface area contributed by atoms with E-state index in [0.29, 0.717) is 32.9 Å². The molecule has 1 aliphatic rings. The largest absolute Gasteiger partial charge is 0.321 e. The number of hydrogen-bond donors (Lipinski definition) is 1. The van der Waals surface area contributed by atoms with Crippen LogP contribution < -0.4 is 10.2 Å². The van der Waals surface area contributed by atoms with Crippen molar-refractivity contribution in [3.05, 3.63) is 105 Å². The van der Waals surface area contributed by atoms with Crippen molar-refractivity contribution in [2.45, 2.75) is 18.6 Å². The molecule has 3 aromatic rings. The van der Waals surface area contributed by atoms with Crippen LogP contribution in [0.1, 0.15) is 11.1 Å². The average Bonchev–Trinajstić information content (AvgIpc) is 3.14. The summed E-state index contributed by atoms with van der Waals surface area (Å²) in [5.41, 5.74) is 2.61. The van der Waals surface area contributed by atoms with Gasteiger partial charge >= 0.3 is 0 Å². The molecule has 0 aromatic heterocycles. The van der Waals surface area contributed by atoms with Gasteiger partial charge in [0.2, 0.25) is 5.91 Å². The van der Waals surface area contributed by atoms with Crippen molar-refractivity contribution < 1.29 is 9.59 Å². The first-order valence-corrected chi connectivity index (χ1v) is 12.0. The van der Waals surface area contributed by atoms with E-state index in [1.165, 1.54) is 16.7 Å². The van der Waals surface area contributed by atoms with E-state index in [1.54, 1.807) is 42.5 Å². The van der Waals surface area contributed by atoms with Gasteiger partial charge in [-0.15, -0.1) is 0 Å². The summed E-state index contributed by atoms with van der Waals surface area (Å²) in [5.74, 6) is -0.811. The third-order valence-corrected chi connectivity index (χ3v) is 7.45. The fraction of sp³-hybridized carbons (Fsp3) is 0.115. The van der Waals surface area contributed by atoms with Gasteiger partial charge in [0.15, 0.2) is 0 Å². The number of thioether (sulfide) groups is 1. The summed E-state index contributed by atoms with van der Waals surface area (Å²) in [6, 6.07) is 23.5. The molecule has 2 amide bonds. The Morgan fingerprint density at radius 1 is 1.06 bits per heavy atom. The molecule has 0 aliphatic carbocycles. The fourth-order valence-electron chi connectivity index (χ4n) is 3.64. The SMILES string of the molecule is Cc1ccccc1N1C(=O)C(Cc2cccc(Cl)c2Cl)SC1=C(C#N)C(=O)Nc1ccccc1. The summed E-state index contributed by atoms with van der Waals surface area (Å²) in [5, 5.41) is 13.2. The van der Waals surface area contributed by atoms with Crippen LogP contribution in [0, 0.1) is 18.3 Å². The van der Waals surface area contributed by atoms with Crippen LogP contribution in [-0.4, -0.2) is 17.1 Å². The van der Waals surface area contributed by atoms with Crippen LogP contribution in [0.5, 0.6) is 0 Å². The first kappa shape index (κ1) is 23.9. The van der Waals surface area contributed by atoms with E-state index in [-0.39, 0.29) is 11.5 Å². The Morgan fingerprint density at radius 2 is 1.76 bits per heavy atom. The number of aryl methyl sites for hydroxylation is 1. The third kappa shape index (κ3) is 4.83. The minimum atomic E-state index is -0.585. The fourth-order valence-corrected chi connectivity index (χ4v) is 5.33. The number of carbonyl (C=O) groups excluding carboxylic acids is 2. The second-order valence-electron chi connectivity index (χ2n) is 7.60. The molecule has 1 aliphatic heterocycles. The maximum absolute atomic E-state index is 13.6. The van der Waals surface area contributed by atoms with Crippen molar-refractivity contribution >= 4 is 58.2 Å². The molecule has 1 N–H and O–H groups in total. The zero-order chi connectivity index (χ0) is 24.2. The molecule has 1 heterocycles. The highest BCUT2D eigenvalue weighted by Crippen LogP contribution is 2.43. The molecule has 5 nitrogen and oxygen atoms in total. The average molecular weight is 508 g/mol. The Kier molecular flexibility index (Phi) is 7.28. The van der Waals surface area contributed by atoms with Crippen molar-refractivity contribution in [2.75, 3.05) is 10.2 Å². The Hall–Kier alpha value is -3.24. The van der Waals surface area contributed by atoms with E-state index in [1.807, 2.05) is 43.3 Å². The zero-order valence-electron chi connectivity index (χ0n) is 18.1. The van der Waals surface area contributed by atoms with Gasteiger partial charge in [0.25, 0.3) is 5.91 Å². The van der Waals surface area contributed by atoms with Crippen LogP contribution in [0.25, 0.3) is 0 Å². The summed E-state index contributed by atoms with van der Waals surface area (Å²) in [7, 11) is 0. The van der Waals surface area contributed by atoms with Crippen LogP contribution in [0.4, 0.5) is 11.4 Å². The van der Waals surface area contributed by atoms with Gasteiger partial charge in [-0.05, 0) is 48.7 Å². The number of nitrogens with zero attached hydrogens (tertiary/aromatic N) is 2. The summed E-state index contributed by atoms with van der Waals surface area (Å²) in [4.78, 5) is 28.2. The molecule has 1 saturated heterocycles. The topological polar surface area (TPSA) is 73.2 Å². The third-order valence-electron chi connectivity index (χ3n) is 5.33. The summed E-state index contributed by atoms with van der Waals surface area (Å²) in [6.45, 7) is 1.88. The molecule has 1 atom stereocenters. The lowest BCUT2D eigenvalue weighted by Gasteiger charge is -2.20. The van der Waals surface area contributed by atoms with Crippen LogP contribution in [0.2, 0.25) is 10.0 Å². The van der Waals surface area contributed by atoms with E-state index < -0.39 is 11.2 Å². The number of para-hydroxylation sites is 2. The number of anilines is 2. The van der Waals surface area contributed by atoms with Crippen molar-refractivity contribution in [2.24, 2.45) is 0 Å². The number of hydrogen-bond acceptors (Lipinski definition) is 4. The van der Waals surface area contributed by atoms with Gasteiger partial charge in [-0.1, -0.05) is 83.5 Å². The predicted octanol–water partition coefficient (Wildman–Crippen LogP) is 6.37. The normalized spacial score (nSPS) is 16.8. The lowest BCUT2D eigenvalue weighted by molar-refractivity contribution is -0.117. The minimum absolute atomic E-state index is 0.134. The number of benzene rings is 3.